The number of aliphatic carboxylic acids is 1. The summed E-state index contributed by atoms with van der Waals surface area (Å²) in [5.41, 5.74) is 0.187. The van der Waals surface area contributed by atoms with Crippen LogP contribution in [-0.2, 0) is 9.59 Å². The van der Waals surface area contributed by atoms with E-state index in [2.05, 4.69) is 12.2 Å². The quantitative estimate of drug-likeness (QED) is 0.827. The van der Waals surface area contributed by atoms with Gasteiger partial charge in [-0.25, -0.2) is 4.79 Å². The number of nitrogens with one attached hydrogen (secondary N) is 1. The predicted molar refractivity (Wildman–Crippen MR) is 78.8 cm³/mol. The van der Waals surface area contributed by atoms with Crippen LogP contribution in [-0.4, -0.2) is 47.6 Å². The first-order chi connectivity index (χ1) is 10.1. The van der Waals surface area contributed by atoms with Crippen LogP contribution in [0.1, 0.15) is 45.4 Å². The number of amides is 1. The summed E-state index contributed by atoms with van der Waals surface area (Å²) in [4.78, 5) is 26.0. The van der Waals surface area contributed by atoms with E-state index in [1.54, 1.807) is 4.90 Å². The van der Waals surface area contributed by atoms with Gasteiger partial charge in [-0.2, -0.15) is 0 Å². The highest BCUT2D eigenvalue weighted by Crippen LogP contribution is 2.59. The number of rotatable bonds is 3. The highest BCUT2D eigenvalue weighted by Gasteiger charge is 2.59. The topological polar surface area (TPSA) is 69.6 Å². The van der Waals surface area contributed by atoms with Crippen molar-refractivity contribution < 1.29 is 14.7 Å². The smallest absolute Gasteiger partial charge is 0.326 e. The van der Waals surface area contributed by atoms with Gasteiger partial charge in [-0.3, -0.25) is 4.79 Å². The Labute approximate surface area is 126 Å². The van der Waals surface area contributed by atoms with E-state index in [0.29, 0.717) is 18.9 Å². The fraction of sp³-hybridized carbons (Fsp3) is 0.875. The van der Waals surface area contributed by atoms with Crippen molar-refractivity contribution in [3.05, 3.63) is 0 Å². The Hall–Kier alpha value is -1.10. The van der Waals surface area contributed by atoms with Crippen LogP contribution >= 0.6 is 0 Å². The van der Waals surface area contributed by atoms with Gasteiger partial charge in [0.2, 0.25) is 5.91 Å². The first-order valence-electron chi connectivity index (χ1n) is 8.31. The van der Waals surface area contributed by atoms with Gasteiger partial charge in [0.15, 0.2) is 0 Å². The molecule has 1 amide bonds. The van der Waals surface area contributed by atoms with Gasteiger partial charge >= 0.3 is 5.97 Å². The van der Waals surface area contributed by atoms with E-state index in [4.69, 9.17) is 0 Å². The zero-order valence-corrected chi connectivity index (χ0v) is 12.8. The van der Waals surface area contributed by atoms with Crippen LogP contribution in [0.3, 0.4) is 0 Å². The van der Waals surface area contributed by atoms with Gasteiger partial charge in [-0.1, -0.05) is 13.3 Å². The third-order valence-corrected chi connectivity index (χ3v) is 5.94. The van der Waals surface area contributed by atoms with Crippen LogP contribution < -0.4 is 5.32 Å². The lowest BCUT2D eigenvalue weighted by molar-refractivity contribution is -0.154. The number of hydrogen-bond acceptors (Lipinski definition) is 3. The van der Waals surface area contributed by atoms with Crippen molar-refractivity contribution in [3.63, 3.8) is 0 Å². The van der Waals surface area contributed by atoms with Crippen molar-refractivity contribution in [2.75, 3.05) is 19.6 Å². The molecule has 21 heavy (non-hydrogen) atoms. The van der Waals surface area contributed by atoms with E-state index in [1.807, 2.05) is 0 Å². The number of carbonyl (C=O) groups is 2. The predicted octanol–water partition coefficient (Wildman–Crippen LogP) is 1.48. The number of nitrogens with zero attached hydrogens (tertiary/aromatic N) is 1. The van der Waals surface area contributed by atoms with E-state index in [1.165, 1.54) is 0 Å². The van der Waals surface area contributed by atoms with Crippen LogP contribution in [0.25, 0.3) is 0 Å². The monoisotopic (exact) mass is 294 g/mol. The molecule has 2 aliphatic heterocycles. The number of likely N-dealkylation sites (tertiary alicyclic amines) is 1. The van der Waals surface area contributed by atoms with Gasteiger partial charge in [0, 0.05) is 12.5 Å². The molecule has 1 spiro atoms. The Kier molecular flexibility index (Phi) is 3.95. The lowest BCUT2D eigenvalue weighted by Gasteiger charge is -2.37. The summed E-state index contributed by atoms with van der Waals surface area (Å²) >= 11 is 0. The largest absolute Gasteiger partial charge is 0.480 e. The first-order valence-corrected chi connectivity index (χ1v) is 8.31. The summed E-state index contributed by atoms with van der Waals surface area (Å²) in [6, 6.07) is -0.601. The molecule has 2 heterocycles. The standard InChI is InChI=1S/C16H26N2O3/c1-2-11-3-8-18(13(9-11)15(20)21)14(19)12-10-16(12)4-6-17-7-5-16/h11-13,17H,2-10H2,1H3,(H,20,21). The lowest BCUT2D eigenvalue weighted by Crippen LogP contribution is -2.51. The fourth-order valence-corrected chi connectivity index (χ4v) is 4.28. The molecule has 118 valence electrons. The summed E-state index contributed by atoms with van der Waals surface area (Å²) in [5, 5.41) is 12.8. The van der Waals surface area contributed by atoms with E-state index in [9.17, 15) is 14.7 Å². The molecule has 1 saturated carbocycles. The van der Waals surface area contributed by atoms with Crippen molar-refractivity contribution in [2.45, 2.75) is 51.5 Å². The number of piperidine rings is 2. The summed E-state index contributed by atoms with van der Waals surface area (Å²) in [6.07, 6.45) is 5.67. The molecule has 2 N–H and O–H groups in total. The number of carbonyl (C=O) groups excluding carboxylic acids is 1. The van der Waals surface area contributed by atoms with E-state index in [0.717, 1.165) is 45.2 Å². The van der Waals surface area contributed by atoms with E-state index < -0.39 is 12.0 Å². The molecule has 3 fully saturated rings. The van der Waals surface area contributed by atoms with Crippen molar-refractivity contribution in [3.8, 4) is 0 Å². The average Bonchev–Trinajstić information content (AvgIpc) is 3.19. The highest BCUT2D eigenvalue weighted by molar-refractivity contribution is 5.87. The molecule has 3 rings (SSSR count). The van der Waals surface area contributed by atoms with Crippen molar-refractivity contribution in [1.82, 2.24) is 10.2 Å². The summed E-state index contributed by atoms with van der Waals surface area (Å²) < 4.78 is 0. The minimum Gasteiger partial charge on any atom is -0.480 e. The molecule has 0 radical (unpaired) electrons. The van der Waals surface area contributed by atoms with Crippen molar-refractivity contribution >= 4 is 11.9 Å². The van der Waals surface area contributed by atoms with Crippen molar-refractivity contribution in [1.29, 1.82) is 0 Å². The Balaban J connectivity index is 1.67. The Morgan fingerprint density at radius 2 is 2.05 bits per heavy atom. The molecular weight excluding hydrogens is 268 g/mol. The zero-order valence-electron chi connectivity index (χ0n) is 12.8. The molecule has 2 saturated heterocycles. The minimum absolute atomic E-state index is 0.0830. The summed E-state index contributed by atoms with van der Waals surface area (Å²) in [6.45, 7) is 4.71. The number of carboxylic acids is 1. The average molecular weight is 294 g/mol. The third kappa shape index (κ3) is 2.68. The molecular formula is C16H26N2O3. The maximum Gasteiger partial charge on any atom is 0.326 e. The third-order valence-electron chi connectivity index (χ3n) is 5.94. The van der Waals surface area contributed by atoms with Crippen LogP contribution in [0.2, 0.25) is 0 Å². The van der Waals surface area contributed by atoms with Gasteiger partial charge in [-0.15, -0.1) is 0 Å². The SMILES string of the molecule is CCC1CCN(C(=O)C2CC23CCNCC3)C(C(=O)O)C1. The van der Waals surface area contributed by atoms with Gasteiger partial charge in [0.1, 0.15) is 6.04 Å². The first kappa shape index (κ1) is 14.8. The molecule has 1 aliphatic carbocycles. The fourth-order valence-electron chi connectivity index (χ4n) is 4.28. The van der Waals surface area contributed by atoms with Gasteiger partial charge in [-0.05, 0) is 56.5 Å². The second kappa shape index (κ2) is 5.59. The number of hydrogen-bond donors (Lipinski definition) is 2. The van der Waals surface area contributed by atoms with E-state index in [-0.39, 0.29) is 17.2 Å². The Bertz CT molecular complexity index is 431. The molecule has 0 aromatic rings. The van der Waals surface area contributed by atoms with Gasteiger partial charge in [0.25, 0.3) is 0 Å². The molecule has 3 aliphatic rings. The van der Waals surface area contributed by atoms with Gasteiger partial charge < -0.3 is 15.3 Å². The van der Waals surface area contributed by atoms with Crippen LogP contribution in [0.4, 0.5) is 0 Å². The lowest BCUT2D eigenvalue weighted by atomic mass is 9.87. The molecule has 3 atom stereocenters. The molecule has 3 unspecified atom stereocenters. The minimum atomic E-state index is -0.832. The van der Waals surface area contributed by atoms with Gasteiger partial charge in [0.05, 0.1) is 0 Å². The van der Waals surface area contributed by atoms with Crippen LogP contribution in [0.5, 0.6) is 0 Å². The van der Waals surface area contributed by atoms with Crippen LogP contribution in [0, 0.1) is 17.3 Å². The van der Waals surface area contributed by atoms with Crippen LogP contribution in [0.15, 0.2) is 0 Å². The normalized spacial score (nSPS) is 34.7. The molecule has 0 aromatic heterocycles. The maximum absolute atomic E-state index is 12.8. The molecule has 0 aromatic carbocycles. The summed E-state index contributed by atoms with van der Waals surface area (Å²) in [7, 11) is 0. The Morgan fingerprint density at radius 3 is 2.67 bits per heavy atom. The molecule has 5 heteroatoms. The molecule has 0 bridgehead atoms. The maximum atomic E-state index is 12.8. The molecule has 5 nitrogen and oxygen atoms in total. The number of carboxylic acid groups (broad SMARTS) is 1. The second-order valence-corrected chi connectivity index (χ2v) is 7.05. The van der Waals surface area contributed by atoms with E-state index >= 15 is 0 Å². The zero-order chi connectivity index (χ0) is 15.0. The van der Waals surface area contributed by atoms with Crippen molar-refractivity contribution in [2.24, 2.45) is 17.3 Å². The second-order valence-electron chi connectivity index (χ2n) is 7.05. The Morgan fingerprint density at radius 1 is 1.33 bits per heavy atom. The summed E-state index contributed by atoms with van der Waals surface area (Å²) in [5.74, 6) is -0.192. The highest BCUT2D eigenvalue weighted by atomic mass is 16.4.